The lowest BCUT2D eigenvalue weighted by Crippen LogP contribution is -2.13. The number of nitrogens with zero attached hydrogens (tertiary/aromatic N) is 2. The predicted octanol–water partition coefficient (Wildman–Crippen LogP) is 3.98. The van der Waals surface area contributed by atoms with Gasteiger partial charge in [0.2, 0.25) is 0 Å². The van der Waals surface area contributed by atoms with E-state index in [1.165, 1.54) is 0 Å². The van der Waals surface area contributed by atoms with Gasteiger partial charge in [-0.25, -0.2) is 4.98 Å². The van der Waals surface area contributed by atoms with Crippen LogP contribution in [0.25, 0.3) is 0 Å². The third-order valence-corrected chi connectivity index (χ3v) is 4.46. The van der Waals surface area contributed by atoms with Crippen LogP contribution in [0.4, 0.5) is 0 Å². The largest absolute Gasteiger partial charge is 0.339 e. The molecule has 0 aliphatic carbocycles. The molecule has 2 aromatic rings. The molecule has 1 unspecified atom stereocenters. The molecule has 5 heteroatoms. The normalized spacial score (nSPS) is 12.6. The van der Waals surface area contributed by atoms with Crippen LogP contribution in [-0.2, 0) is 0 Å². The third-order valence-electron chi connectivity index (χ3n) is 3.34. The number of carbonyl (C=O) groups is 1. The van der Waals surface area contributed by atoms with Crippen LogP contribution in [0.5, 0.6) is 0 Å². The number of Topliss-reactive ketones (excluding diaryl/α,β-unsaturated/α-hetero) is 1. The Hall–Kier alpha value is -1.13. The number of aromatic nitrogens is 2. The van der Waals surface area contributed by atoms with Crippen LogP contribution in [0, 0.1) is 13.8 Å². The van der Waals surface area contributed by atoms with Crippen LogP contribution in [0.15, 0.2) is 17.6 Å². The van der Waals surface area contributed by atoms with Crippen LogP contribution in [0.2, 0.25) is 0 Å². The van der Waals surface area contributed by atoms with Gasteiger partial charge in [-0.3, -0.25) is 4.79 Å². The molecule has 3 nitrogen and oxygen atoms in total. The number of hydrogen-bond acceptors (Lipinski definition) is 3. The van der Waals surface area contributed by atoms with Gasteiger partial charge in [0.15, 0.2) is 5.78 Å². The number of thiazole rings is 1. The summed E-state index contributed by atoms with van der Waals surface area (Å²) < 4.78 is 2.19. The van der Waals surface area contributed by atoms with E-state index in [1.54, 1.807) is 11.3 Å². The Balaban J connectivity index is 2.50. The van der Waals surface area contributed by atoms with Gasteiger partial charge in [-0.15, -0.1) is 22.9 Å². The summed E-state index contributed by atoms with van der Waals surface area (Å²) in [6.45, 7) is 6.13. The van der Waals surface area contributed by atoms with Gasteiger partial charge in [0.05, 0.1) is 11.9 Å². The van der Waals surface area contributed by atoms with Gasteiger partial charge >= 0.3 is 0 Å². The summed E-state index contributed by atoms with van der Waals surface area (Å²) in [5.41, 5.74) is 2.78. The van der Waals surface area contributed by atoms with Gasteiger partial charge in [-0.2, -0.15) is 0 Å². The minimum atomic E-state index is -0.0185. The standard InChI is InChI=1S/C14H17ClN2OS/c1-4-12(14-16-5-6-19-14)17-9(2)7-11(10(17)3)13(18)8-15/h5-7,12H,4,8H2,1-3H3. The number of carbonyl (C=O) groups excluding carboxylic acids is 1. The van der Waals surface area contributed by atoms with E-state index >= 15 is 0 Å². The SMILES string of the molecule is CCC(c1nccs1)n1c(C)cc(C(=O)CCl)c1C. The molecule has 1 atom stereocenters. The van der Waals surface area contributed by atoms with Gasteiger partial charge in [-0.05, 0) is 26.3 Å². The first kappa shape index (κ1) is 14.3. The molecule has 0 saturated heterocycles. The Morgan fingerprint density at radius 2 is 2.26 bits per heavy atom. The van der Waals surface area contributed by atoms with Crippen molar-refractivity contribution in [2.24, 2.45) is 0 Å². The average molecular weight is 297 g/mol. The van der Waals surface area contributed by atoms with Gasteiger partial charge in [0.1, 0.15) is 5.01 Å². The van der Waals surface area contributed by atoms with E-state index < -0.39 is 0 Å². The second-order valence-electron chi connectivity index (χ2n) is 4.51. The second-order valence-corrected chi connectivity index (χ2v) is 5.70. The Labute approximate surface area is 122 Å². The number of rotatable bonds is 5. The van der Waals surface area contributed by atoms with E-state index in [0.29, 0.717) is 0 Å². The number of alkyl halides is 1. The fourth-order valence-corrected chi connectivity index (χ4v) is 3.43. The average Bonchev–Trinajstić information content (AvgIpc) is 3.02. The molecule has 2 aromatic heterocycles. The van der Waals surface area contributed by atoms with Gasteiger partial charge in [0, 0.05) is 28.5 Å². The van der Waals surface area contributed by atoms with Crippen LogP contribution >= 0.6 is 22.9 Å². The van der Waals surface area contributed by atoms with Crippen molar-refractivity contribution < 1.29 is 4.79 Å². The maximum absolute atomic E-state index is 11.8. The molecule has 0 saturated carbocycles. The van der Waals surface area contributed by atoms with Crippen molar-refractivity contribution in [1.29, 1.82) is 0 Å². The highest BCUT2D eigenvalue weighted by Gasteiger charge is 2.22. The first-order valence-electron chi connectivity index (χ1n) is 6.27. The molecule has 0 bridgehead atoms. The van der Waals surface area contributed by atoms with Crippen LogP contribution in [0.1, 0.15) is 46.1 Å². The summed E-state index contributed by atoms with van der Waals surface area (Å²) >= 11 is 7.31. The first-order chi connectivity index (χ1) is 9.10. The maximum atomic E-state index is 11.8. The van der Waals surface area contributed by atoms with Gasteiger partial charge in [-0.1, -0.05) is 6.92 Å². The number of ketones is 1. The zero-order chi connectivity index (χ0) is 14.0. The number of halogens is 1. The quantitative estimate of drug-likeness (QED) is 0.618. The van der Waals surface area contributed by atoms with E-state index in [0.717, 1.165) is 28.4 Å². The van der Waals surface area contributed by atoms with Crippen molar-refractivity contribution in [3.05, 3.63) is 39.6 Å². The van der Waals surface area contributed by atoms with Crippen LogP contribution < -0.4 is 0 Å². The van der Waals surface area contributed by atoms with E-state index in [1.807, 2.05) is 31.5 Å². The van der Waals surface area contributed by atoms with Crippen molar-refractivity contribution in [2.75, 3.05) is 5.88 Å². The fourth-order valence-electron chi connectivity index (χ4n) is 2.48. The molecule has 0 aliphatic heterocycles. The first-order valence-corrected chi connectivity index (χ1v) is 7.68. The lowest BCUT2D eigenvalue weighted by atomic mass is 10.1. The third kappa shape index (κ3) is 2.60. The highest BCUT2D eigenvalue weighted by atomic mass is 35.5. The van der Waals surface area contributed by atoms with E-state index in [9.17, 15) is 4.79 Å². The molecular weight excluding hydrogens is 280 g/mol. The monoisotopic (exact) mass is 296 g/mol. The molecule has 0 spiro atoms. The van der Waals surface area contributed by atoms with Crippen LogP contribution in [-0.4, -0.2) is 21.2 Å². The highest BCUT2D eigenvalue weighted by molar-refractivity contribution is 7.09. The number of hydrogen-bond donors (Lipinski definition) is 0. The van der Waals surface area contributed by atoms with Crippen molar-refractivity contribution in [3.63, 3.8) is 0 Å². The van der Waals surface area contributed by atoms with Crippen molar-refractivity contribution in [3.8, 4) is 0 Å². The molecule has 0 aliphatic rings. The summed E-state index contributed by atoms with van der Waals surface area (Å²) in [5.74, 6) is 0.00762. The topological polar surface area (TPSA) is 34.9 Å². The van der Waals surface area contributed by atoms with E-state index in [4.69, 9.17) is 11.6 Å². The summed E-state index contributed by atoms with van der Waals surface area (Å²) in [7, 11) is 0. The molecule has 0 fully saturated rings. The zero-order valence-corrected chi connectivity index (χ0v) is 12.9. The maximum Gasteiger partial charge on any atom is 0.179 e. The second kappa shape index (κ2) is 5.88. The summed E-state index contributed by atoms with van der Waals surface area (Å²) in [6.07, 6.45) is 2.76. The van der Waals surface area contributed by atoms with Crippen molar-refractivity contribution >= 4 is 28.7 Å². The molecular formula is C14H17ClN2OS. The summed E-state index contributed by atoms with van der Waals surface area (Å²) in [6, 6.07) is 2.12. The molecule has 0 amide bonds. The molecule has 19 heavy (non-hydrogen) atoms. The lowest BCUT2D eigenvalue weighted by molar-refractivity contribution is 0.102. The summed E-state index contributed by atoms with van der Waals surface area (Å²) in [4.78, 5) is 16.2. The van der Waals surface area contributed by atoms with Crippen LogP contribution in [0.3, 0.4) is 0 Å². The molecule has 2 rings (SSSR count). The Morgan fingerprint density at radius 1 is 1.53 bits per heavy atom. The minimum Gasteiger partial charge on any atom is -0.339 e. The minimum absolute atomic E-state index is 0.0185. The lowest BCUT2D eigenvalue weighted by Gasteiger charge is -2.19. The predicted molar refractivity (Wildman–Crippen MR) is 79.5 cm³/mol. The highest BCUT2D eigenvalue weighted by Crippen LogP contribution is 2.29. The molecule has 102 valence electrons. The van der Waals surface area contributed by atoms with Crippen molar-refractivity contribution in [1.82, 2.24) is 9.55 Å². The van der Waals surface area contributed by atoms with Crippen molar-refractivity contribution in [2.45, 2.75) is 33.2 Å². The Bertz CT molecular complexity index is 575. The summed E-state index contributed by atoms with van der Waals surface area (Å²) in [5, 5.41) is 3.06. The zero-order valence-electron chi connectivity index (χ0n) is 11.3. The number of aryl methyl sites for hydroxylation is 1. The van der Waals surface area contributed by atoms with Gasteiger partial charge < -0.3 is 4.57 Å². The van der Waals surface area contributed by atoms with E-state index in [-0.39, 0.29) is 17.7 Å². The van der Waals surface area contributed by atoms with Gasteiger partial charge in [0.25, 0.3) is 0 Å². The van der Waals surface area contributed by atoms with E-state index in [2.05, 4.69) is 16.5 Å². The molecule has 0 radical (unpaired) electrons. The smallest absolute Gasteiger partial charge is 0.179 e. The molecule has 0 aromatic carbocycles. The fraction of sp³-hybridized carbons (Fsp3) is 0.429. The molecule has 2 heterocycles. The molecule has 0 N–H and O–H groups in total. The Kier molecular flexibility index (Phi) is 4.42. The Morgan fingerprint density at radius 3 is 2.79 bits per heavy atom.